The van der Waals surface area contributed by atoms with E-state index in [1.54, 1.807) is 7.11 Å². The van der Waals surface area contributed by atoms with Crippen LogP contribution >= 0.6 is 0 Å². The molecule has 0 radical (unpaired) electrons. The molecule has 0 amide bonds. The first-order valence-corrected chi connectivity index (χ1v) is 15.5. The summed E-state index contributed by atoms with van der Waals surface area (Å²) in [6.45, 7) is 21.5. The predicted molar refractivity (Wildman–Crippen MR) is 173 cm³/mol. The van der Waals surface area contributed by atoms with E-state index in [1.807, 2.05) is 26.1 Å². The Bertz CT molecular complexity index is 1060. The highest BCUT2D eigenvalue weighted by atomic mass is 16.5. The van der Waals surface area contributed by atoms with E-state index in [9.17, 15) is 0 Å². The lowest BCUT2D eigenvalue weighted by Gasteiger charge is -2.27. The number of anilines is 2. The minimum atomic E-state index is 0.295. The maximum atomic E-state index is 5.96. The molecule has 0 saturated carbocycles. The van der Waals surface area contributed by atoms with Crippen molar-refractivity contribution in [3.8, 4) is 5.75 Å². The van der Waals surface area contributed by atoms with E-state index < -0.39 is 0 Å². The molecule has 0 unspecified atom stereocenters. The van der Waals surface area contributed by atoms with Crippen LogP contribution in [-0.4, -0.2) is 59.3 Å². The molecule has 3 heterocycles. The normalized spacial score (nSPS) is 12.8. The number of nitrogen functional groups attached to an aromatic ring is 1. The van der Waals surface area contributed by atoms with E-state index in [4.69, 9.17) is 10.5 Å². The van der Waals surface area contributed by atoms with Gasteiger partial charge in [0.2, 0.25) is 5.95 Å². The summed E-state index contributed by atoms with van der Waals surface area (Å²) < 4.78 is 7.94. The zero-order chi connectivity index (χ0) is 29.8. The number of hydrogen-bond acceptors (Lipinski definition) is 7. The van der Waals surface area contributed by atoms with Crippen molar-refractivity contribution in [3.05, 3.63) is 41.6 Å². The summed E-state index contributed by atoms with van der Waals surface area (Å²) >= 11 is 0. The van der Waals surface area contributed by atoms with E-state index >= 15 is 0 Å². The Morgan fingerprint density at radius 1 is 0.950 bits per heavy atom. The molecule has 40 heavy (non-hydrogen) atoms. The van der Waals surface area contributed by atoms with Crippen molar-refractivity contribution in [3.63, 3.8) is 0 Å². The third kappa shape index (κ3) is 11.7. The molecule has 0 aliphatic carbocycles. The van der Waals surface area contributed by atoms with Gasteiger partial charge in [-0.3, -0.25) is 4.90 Å². The summed E-state index contributed by atoms with van der Waals surface area (Å²) in [5.41, 5.74) is 10.2. The number of methoxy groups -OCH3 is 1. The molecule has 2 aromatic heterocycles. The van der Waals surface area contributed by atoms with Gasteiger partial charge in [-0.25, -0.2) is 4.98 Å². The molecular weight excluding hydrogens is 498 g/mol. The number of ether oxygens (including phenoxy) is 1. The lowest BCUT2D eigenvalue weighted by atomic mass is 10.1. The van der Waals surface area contributed by atoms with Crippen LogP contribution in [0.25, 0.3) is 11.0 Å². The number of unbranched alkanes of at least 4 members (excludes halogenated alkanes) is 2. The molecule has 1 aliphatic heterocycles. The van der Waals surface area contributed by atoms with Gasteiger partial charge in [0.25, 0.3) is 0 Å². The van der Waals surface area contributed by atoms with Crippen molar-refractivity contribution in [1.82, 2.24) is 24.8 Å². The predicted octanol–water partition coefficient (Wildman–Crippen LogP) is 6.94. The van der Waals surface area contributed by atoms with Crippen molar-refractivity contribution in [2.24, 2.45) is 0 Å². The van der Waals surface area contributed by atoms with Crippen LogP contribution in [-0.2, 0) is 13.1 Å². The van der Waals surface area contributed by atoms with Gasteiger partial charge in [0.05, 0.1) is 19.2 Å². The van der Waals surface area contributed by atoms with Crippen LogP contribution < -0.4 is 21.1 Å². The van der Waals surface area contributed by atoms with Gasteiger partial charge in [0.15, 0.2) is 5.82 Å². The molecule has 4 N–H and O–H groups in total. The fourth-order valence-corrected chi connectivity index (χ4v) is 4.29. The minimum absolute atomic E-state index is 0.295. The number of rotatable bonds is 10. The molecule has 8 nitrogen and oxygen atoms in total. The van der Waals surface area contributed by atoms with Gasteiger partial charge in [-0.1, -0.05) is 86.3 Å². The van der Waals surface area contributed by atoms with Crippen LogP contribution in [0.15, 0.2) is 30.5 Å². The second kappa shape index (κ2) is 21.0. The monoisotopic (exact) mass is 555 g/mol. The SMILES string of the molecule is CC.CCC.CCC.CCCCCNc1nc(N)nc2ccn(Cc3ccc(CN4CCNCC4)cc3OC)c12. The summed E-state index contributed by atoms with van der Waals surface area (Å²) in [6, 6.07) is 8.55. The maximum absolute atomic E-state index is 5.96. The van der Waals surface area contributed by atoms with Gasteiger partial charge < -0.3 is 25.7 Å². The second-order valence-corrected chi connectivity index (χ2v) is 9.83. The van der Waals surface area contributed by atoms with Crippen LogP contribution in [0.4, 0.5) is 11.8 Å². The molecular formula is C32H57N7O. The molecule has 1 aromatic carbocycles. The van der Waals surface area contributed by atoms with E-state index in [0.29, 0.717) is 12.5 Å². The highest BCUT2D eigenvalue weighted by Crippen LogP contribution is 2.27. The number of piperazine rings is 1. The second-order valence-electron chi connectivity index (χ2n) is 9.83. The first kappa shape index (κ1) is 35.2. The zero-order valence-corrected chi connectivity index (χ0v) is 26.6. The molecule has 1 aliphatic rings. The molecule has 8 heteroatoms. The topological polar surface area (TPSA) is 93.3 Å². The molecule has 226 valence electrons. The number of benzene rings is 1. The maximum Gasteiger partial charge on any atom is 0.222 e. The van der Waals surface area contributed by atoms with E-state index in [1.165, 1.54) is 31.2 Å². The third-order valence-electron chi connectivity index (χ3n) is 6.01. The third-order valence-corrected chi connectivity index (χ3v) is 6.01. The van der Waals surface area contributed by atoms with Gasteiger partial charge in [-0.2, -0.15) is 4.98 Å². The van der Waals surface area contributed by atoms with Crippen LogP contribution in [0.1, 0.15) is 91.7 Å². The molecule has 0 spiro atoms. The lowest BCUT2D eigenvalue weighted by molar-refractivity contribution is 0.233. The molecule has 4 rings (SSSR count). The van der Waals surface area contributed by atoms with Gasteiger partial charge in [-0.05, 0) is 24.1 Å². The van der Waals surface area contributed by atoms with Crippen LogP contribution in [0.5, 0.6) is 5.75 Å². The summed E-state index contributed by atoms with van der Waals surface area (Å²) in [4.78, 5) is 11.4. The first-order chi connectivity index (χ1) is 19.5. The van der Waals surface area contributed by atoms with Crippen molar-refractivity contribution in [2.45, 2.75) is 93.7 Å². The first-order valence-electron chi connectivity index (χ1n) is 15.5. The molecule has 1 fully saturated rings. The van der Waals surface area contributed by atoms with Crippen LogP contribution in [0.2, 0.25) is 0 Å². The quantitative estimate of drug-likeness (QED) is 0.233. The van der Waals surface area contributed by atoms with Gasteiger partial charge in [0, 0.05) is 51.0 Å². The van der Waals surface area contributed by atoms with Crippen molar-refractivity contribution < 1.29 is 4.74 Å². The molecule has 0 bridgehead atoms. The Balaban J connectivity index is 0.000000902. The Hall–Kier alpha value is -2.84. The van der Waals surface area contributed by atoms with Gasteiger partial charge in [-0.15, -0.1) is 0 Å². The van der Waals surface area contributed by atoms with Crippen molar-refractivity contribution in [2.75, 3.05) is 50.9 Å². The van der Waals surface area contributed by atoms with E-state index in [2.05, 4.69) is 82.9 Å². The number of aromatic nitrogens is 3. The molecule has 0 atom stereocenters. The Labute approximate surface area is 244 Å². The standard InChI is InChI=1S/C24H35N7O.2C3H8.C2H6/c1-3-4-5-9-27-23-22-20(28-24(25)29-23)8-12-31(22)17-19-7-6-18(15-21(19)32-2)16-30-13-10-26-11-14-30;2*1-3-2;1-2/h6-8,12,15,26H,3-5,9-11,13-14,16-17H2,1-2H3,(H3,25,27,28,29);2*3H2,1-2H3;1-2H3. The average molecular weight is 556 g/mol. The molecule has 1 saturated heterocycles. The summed E-state index contributed by atoms with van der Waals surface area (Å²) in [7, 11) is 1.74. The number of nitrogens with zero attached hydrogens (tertiary/aromatic N) is 4. The fraction of sp³-hybridized carbons (Fsp3) is 0.625. The Kier molecular flexibility index (Phi) is 18.5. The van der Waals surface area contributed by atoms with Gasteiger partial charge >= 0.3 is 0 Å². The lowest BCUT2D eigenvalue weighted by Crippen LogP contribution is -2.42. The Morgan fingerprint density at radius 3 is 2.25 bits per heavy atom. The van der Waals surface area contributed by atoms with E-state index in [0.717, 1.165) is 73.9 Å². The summed E-state index contributed by atoms with van der Waals surface area (Å²) in [5, 5.41) is 6.87. The summed E-state index contributed by atoms with van der Waals surface area (Å²) in [5.74, 6) is 2.00. The van der Waals surface area contributed by atoms with Crippen LogP contribution in [0.3, 0.4) is 0 Å². The fourth-order valence-electron chi connectivity index (χ4n) is 4.29. The largest absolute Gasteiger partial charge is 0.496 e. The highest BCUT2D eigenvalue weighted by molar-refractivity contribution is 5.87. The number of fused-ring (bicyclic) bond motifs is 1. The highest BCUT2D eigenvalue weighted by Gasteiger charge is 2.15. The number of hydrogen-bond donors (Lipinski definition) is 3. The smallest absolute Gasteiger partial charge is 0.222 e. The van der Waals surface area contributed by atoms with Gasteiger partial charge in [0.1, 0.15) is 11.3 Å². The van der Waals surface area contributed by atoms with Crippen LogP contribution in [0, 0.1) is 0 Å². The van der Waals surface area contributed by atoms with Crippen molar-refractivity contribution in [1.29, 1.82) is 0 Å². The number of nitrogens with two attached hydrogens (primary N) is 1. The zero-order valence-electron chi connectivity index (χ0n) is 26.6. The average Bonchev–Trinajstić information content (AvgIpc) is 3.36. The van der Waals surface area contributed by atoms with Crippen molar-refractivity contribution >= 4 is 22.8 Å². The molecule has 3 aromatic rings. The minimum Gasteiger partial charge on any atom is -0.496 e. The van der Waals surface area contributed by atoms with E-state index in [-0.39, 0.29) is 0 Å². The summed E-state index contributed by atoms with van der Waals surface area (Å²) in [6.07, 6.45) is 8.02. The Morgan fingerprint density at radius 2 is 1.62 bits per heavy atom. The number of nitrogens with one attached hydrogen (secondary N) is 2.